The number of morpholine rings is 1. The molecule has 21 heavy (non-hydrogen) atoms. The lowest BCUT2D eigenvalue weighted by atomic mass is 10.2. The van der Waals surface area contributed by atoms with Gasteiger partial charge in [0.25, 0.3) is 10.2 Å². The maximum Gasteiger partial charge on any atom is 0.282 e. The van der Waals surface area contributed by atoms with Gasteiger partial charge in [0.15, 0.2) is 0 Å². The van der Waals surface area contributed by atoms with Gasteiger partial charge in [-0.1, -0.05) is 6.07 Å². The topological polar surface area (TPSA) is 49.9 Å². The van der Waals surface area contributed by atoms with Crippen LogP contribution >= 0.6 is 11.3 Å². The molecule has 3 atom stereocenters. The van der Waals surface area contributed by atoms with Gasteiger partial charge in [-0.3, -0.25) is 0 Å². The fourth-order valence-electron chi connectivity index (χ4n) is 3.11. The van der Waals surface area contributed by atoms with E-state index in [-0.39, 0.29) is 18.2 Å². The number of thiophene rings is 1. The standard InChI is InChI=1S/C14H22N2O3S2/c1-11-10-19-12(2)9-16(11)21(17,18)15-7-3-5-13(15)14-6-4-8-20-14/h4,6,8,11-13H,3,5,7,9-10H2,1-2H3/t11-,12+,13-/m0/s1. The van der Waals surface area contributed by atoms with Crippen LogP contribution in [0.4, 0.5) is 0 Å². The van der Waals surface area contributed by atoms with Gasteiger partial charge in [0, 0.05) is 24.0 Å². The van der Waals surface area contributed by atoms with E-state index in [1.54, 1.807) is 19.9 Å². The van der Waals surface area contributed by atoms with Gasteiger partial charge in [-0.05, 0) is 38.1 Å². The van der Waals surface area contributed by atoms with Crippen LogP contribution in [0.2, 0.25) is 0 Å². The summed E-state index contributed by atoms with van der Waals surface area (Å²) in [6.07, 6.45) is 1.79. The molecule has 2 aliphatic heterocycles. The molecule has 0 aromatic carbocycles. The first-order valence-electron chi connectivity index (χ1n) is 7.44. The summed E-state index contributed by atoms with van der Waals surface area (Å²) in [5.41, 5.74) is 0. The molecule has 2 aliphatic rings. The maximum absolute atomic E-state index is 13.1. The number of nitrogens with zero attached hydrogens (tertiary/aromatic N) is 2. The van der Waals surface area contributed by atoms with Gasteiger partial charge in [-0.15, -0.1) is 11.3 Å². The Morgan fingerprint density at radius 2 is 2.14 bits per heavy atom. The van der Waals surface area contributed by atoms with Crippen LogP contribution < -0.4 is 0 Å². The SMILES string of the molecule is C[C@@H]1CN(S(=O)(=O)N2CCC[C@H]2c2cccs2)[C@@H](C)CO1. The number of hydrogen-bond acceptors (Lipinski definition) is 4. The quantitative estimate of drug-likeness (QED) is 0.854. The lowest BCUT2D eigenvalue weighted by Crippen LogP contribution is -2.54. The molecular formula is C14H22N2O3S2. The van der Waals surface area contributed by atoms with Crippen molar-refractivity contribution < 1.29 is 13.2 Å². The molecule has 3 rings (SSSR count). The molecule has 0 N–H and O–H groups in total. The van der Waals surface area contributed by atoms with E-state index in [2.05, 4.69) is 0 Å². The van der Waals surface area contributed by atoms with Crippen LogP contribution in [0.5, 0.6) is 0 Å². The van der Waals surface area contributed by atoms with E-state index in [1.807, 2.05) is 31.4 Å². The molecule has 2 saturated heterocycles. The molecule has 5 nitrogen and oxygen atoms in total. The Bertz CT molecular complexity index is 573. The Hall–Kier alpha value is -0.470. The molecule has 0 aliphatic carbocycles. The smallest absolute Gasteiger partial charge is 0.282 e. The molecule has 0 bridgehead atoms. The largest absolute Gasteiger partial charge is 0.375 e. The zero-order valence-electron chi connectivity index (χ0n) is 12.4. The molecule has 118 valence electrons. The second-order valence-corrected chi connectivity index (χ2v) is 8.67. The van der Waals surface area contributed by atoms with Crippen molar-refractivity contribution in [3.63, 3.8) is 0 Å². The van der Waals surface area contributed by atoms with Crippen molar-refractivity contribution in [3.8, 4) is 0 Å². The molecule has 0 amide bonds. The van der Waals surface area contributed by atoms with E-state index in [9.17, 15) is 8.42 Å². The Balaban J connectivity index is 1.86. The molecular weight excluding hydrogens is 308 g/mol. The second-order valence-electron chi connectivity index (χ2n) is 5.85. The fraction of sp³-hybridized carbons (Fsp3) is 0.714. The zero-order chi connectivity index (χ0) is 15.0. The van der Waals surface area contributed by atoms with Crippen LogP contribution in [0, 0.1) is 0 Å². The van der Waals surface area contributed by atoms with Crippen LogP contribution in [0.15, 0.2) is 17.5 Å². The van der Waals surface area contributed by atoms with Crippen molar-refractivity contribution >= 4 is 21.5 Å². The van der Waals surface area contributed by atoms with Gasteiger partial charge in [0.2, 0.25) is 0 Å². The predicted octanol–water partition coefficient (Wildman–Crippen LogP) is 2.24. The third-order valence-electron chi connectivity index (χ3n) is 4.22. The first kappa shape index (κ1) is 15.4. The normalized spacial score (nSPS) is 32.6. The molecule has 0 spiro atoms. The average molecular weight is 330 g/mol. The highest BCUT2D eigenvalue weighted by molar-refractivity contribution is 7.86. The van der Waals surface area contributed by atoms with Gasteiger partial charge < -0.3 is 4.74 Å². The lowest BCUT2D eigenvalue weighted by Gasteiger charge is -2.39. The first-order valence-corrected chi connectivity index (χ1v) is 9.71. The highest BCUT2D eigenvalue weighted by Gasteiger charge is 2.42. The second kappa shape index (κ2) is 5.96. The van der Waals surface area contributed by atoms with Crippen molar-refractivity contribution in [2.75, 3.05) is 19.7 Å². The minimum atomic E-state index is -3.43. The van der Waals surface area contributed by atoms with Crippen LogP contribution in [-0.4, -0.2) is 48.9 Å². The maximum atomic E-state index is 13.1. The Labute approximate surface area is 130 Å². The molecule has 1 aromatic rings. The number of rotatable bonds is 3. The Morgan fingerprint density at radius 1 is 1.33 bits per heavy atom. The number of ether oxygens (including phenoxy) is 1. The summed E-state index contributed by atoms with van der Waals surface area (Å²) in [5.74, 6) is 0. The summed E-state index contributed by atoms with van der Waals surface area (Å²) >= 11 is 1.64. The predicted molar refractivity (Wildman–Crippen MR) is 83.5 cm³/mol. The summed E-state index contributed by atoms with van der Waals surface area (Å²) in [5, 5.41) is 2.01. The van der Waals surface area contributed by atoms with E-state index in [0.717, 1.165) is 17.7 Å². The molecule has 0 unspecified atom stereocenters. The van der Waals surface area contributed by atoms with Crippen molar-refractivity contribution in [1.82, 2.24) is 8.61 Å². The van der Waals surface area contributed by atoms with Crippen molar-refractivity contribution in [3.05, 3.63) is 22.4 Å². The summed E-state index contributed by atoms with van der Waals surface area (Å²) in [6.45, 7) is 5.37. The van der Waals surface area contributed by atoms with E-state index in [4.69, 9.17) is 4.74 Å². The van der Waals surface area contributed by atoms with E-state index in [1.165, 1.54) is 0 Å². The van der Waals surface area contributed by atoms with Gasteiger partial charge >= 0.3 is 0 Å². The molecule has 3 heterocycles. The Kier molecular flexibility index (Phi) is 4.38. The van der Waals surface area contributed by atoms with Crippen molar-refractivity contribution in [2.24, 2.45) is 0 Å². The fourth-order valence-corrected chi connectivity index (χ4v) is 6.13. The van der Waals surface area contributed by atoms with Crippen LogP contribution in [0.3, 0.4) is 0 Å². The molecule has 0 radical (unpaired) electrons. The summed E-state index contributed by atoms with van der Waals surface area (Å²) in [6, 6.07) is 3.92. The monoisotopic (exact) mass is 330 g/mol. The van der Waals surface area contributed by atoms with Crippen LogP contribution in [0.1, 0.15) is 37.6 Å². The molecule has 2 fully saturated rings. The average Bonchev–Trinajstić information content (AvgIpc) is 3.10. The van der Waals surface area contributed by atoms with Gasteiger partial charge in [-0.2, -0.15) is 17.0 Å². The van der Waals surface area contributed by atoms with Gasteiger partial charge in [0.05, 0.1) is 18.8 Å². The first-order chi connectivity index (χ1) is 10.00. The lowest BCUT2D eigenvalue weighted by molar-refractivity contribution is -0.0192. The molecule has 0 saturated carbocycles. The highest BCUT2D eigenvalue weighted by atomic mass is 32.2. The third kappa shape index (κ3) is 2.90. The van der Waals surface area contributed by atoms with Gasteiger partial charge in [-0.25, -0.2) is 0 Å². The summed E-state index contributed by atoms with van der Waals surface area (Å²) in [7, 11) is -3.43. The minimum absolute atomic E-state index is 0.000325. The van der Waals surface area contributed by atoms with Crippen LogP contribution in [0.25, 0.3) is 0 Å². The zero-order valence-corrected chi connectivity index (χ0v) is 14.1. The van der Waals surface area contributed by atoms with Crippen molar-refractivity contribution in [1.29, 1.82) is 0 Å². The summed E-state index contributed by atoms with van der Waals surface area (Å²) in [4.78, 5) is 1.14. The van der Waals surface area contributed by atoms with E-state index in [0.29, 0.717) is 19.7 Å². The molecule has 1 aromatic heterocycles. The van der Waals surface area contributed by atoms with Gasteiger partial charge in [0.1, 0.15) is 0 Å². The van der Waals surface area contributed by atoms with Crippen LogP contribution in [-0.2, 0) is 14.9 Å². The highest BCUT2D eigenvalue weighted by Crippen LogP contribution is 2.38. The Morgan fingerprint density at radius 3 is 2.86 bits per heavy atom. The summed E-state index contributed by atoms with van der Waals surface area (Å²) < 4.78 is 35.0. The van der Waals surface area contributed by atoms with E-state index < -0.39 is 10.2 Å². The third-order valence-corrected chi connectivity index (χ3v) is 7.32. The minimum Gasteiger partial charge on any atom is -0.375 e. The van der Waals surface area contributed by atoms with E-state index >= 15 is 0 Å². The molecule has 7 heteroatoms. The number of hydrogen-bond donors (Lipinski definition) is 0. The van der Waals surface area contributed by atoms with Crippen molar-refractivity contribution in [2.45, 2.75) is 44.9 Å².